The van der Waals surface area contributed by atoms with E-state index in [0.29, 0.717) is 6.42 Å². The van der Waals surface area contributed by atoms with Crippen LogP contribution in [-0.4, -0.2) is 29.4 Å². The highest BCUT2D eigenvalue weighted by Crippen LogP contribution is 2.32. The van der Waals surface area contributed by atoms with E-state index in [4.69, 9.17) is 4.74 Å². The zero-order valence-corrected chi connectivity index (χ0v) is 15.3. The Morgan fingerprint density at radius 3 is 2.83 bits per heavy atom. The number of pyridine rings is 1. The first-order valence-electron chi connectivity index (χ1n) is 8.21. The molecular weight excluding hydrogens is 368 g/mol. The van der Waals surface area contributed by atoms with Crippen LogP contribution in [0.4, 0.5) is 0 Å². The van der Waals surface area contributed by atoms with Gasteiger partial charge in [-0.1, -0.05) is 6.07 Å². The summed E-state index contributed by atoms with van der Waals surface area (Å²) in [7, 11) is 1.65. The fraction of sp³-hybridized carbons (Fsp3) is 0.368. The number of rotatable bonds is 5. The number of halogens is 1. The van der Waals surface area contributed by atoms with E-state index >= 15 is 0 Å². The molecule has 4 nitrogen and oxygen atoms in total. The average Bonchev–Trinajstić information content (AvgIpc) is 3.10. The topological polar surface area (TPSA) is 42.4 Å². The summed E-state index contributed by atoms with van der Waals surface area (Å²) in [5.74, 6) is 1.03. The largest absolute Gasteiger partial charge is 0.496 e. The van der Waals surface area contributed by atoms with Crippen molar-refractivity contribution in [1.82, 2.24) is 9.88 Å². The smallest absolute Gasteiger partial charge is 0.223 e. The Hall–Kier alpha value is -1.88. The van der Waals surface area contributed by atoms with Crippen LogP contribution in [0.5, 0.6) is 5.75 Å². The molecule has 2 aromatic rings. The van der Waals surface area contributed by atoms with Crippen molar-refractivity contribution in [3.8, 4) is 5.75 Å². The number of benzene rings is 1. The van der Waals surface area contributed by atoms with Crippen molar-refractivity contribution in [3.05, 3.63) is 58.3 Å². The monoisotopic (exact) mass is 388 g/mol. The molecule has 0 aliphatic carbocycles. The maximum Gasteiger partial charge on any atom is 0.223 e. The molecule has 1 saturated heterocycles. The number of hydrogen-bond donors (Lipinski definition) is 0. The summed E-state index contributed by atoms with van der Waals surface area (Å²) in [6, 6.07) is 10.2. The van der Waals surface area contributed by atoms with Crippen molar-refractivity contribution in [1.29, 1.82) is 0 Å². The minimum Gasteiger partial charge on any atom is -0.496 e. The molecule has 3 rings (SSSR count). The molecule has 1 aliphatic rings. The first-order chi connectivity index (χ1) is 11.7. The Labute approximate surface area is 151 Å². The molecule has 1 aromatic carbocycles. The van der Waals surface area contributed by atoms with Crippen LogP contribution in [-0.2, 0) is 11.2 Å². The van der Waals surface area contributed by atoms with Crippen molar-refractivity contribution in [2.24, 2.45) is 0 Å². The Bertz CT molecular complexity index is 706. The van der Waals surface area contributed by atoms with Crippen molar-refractivity contribution < 1.29 is 9.53 Å². The van der Waals surface area contributed by atoms with Gasteiger partial charge in [0.1, 0.15) is 5.75 Å². The summed E-state index contributed by atoms with van der Waals surface area (Å²) in [5, 5.41) is 0. The van der Waals surface area contributed by atoms with Gasteiger partial charge in [-0.25, -0.2) is 0 Å². The van der Waals surface area contributed by atoms with Crippen LogP contribution >= 0.6 is 15.9 Å². The van der Waals surface area contributed by atoms with Crippen LogP contribution in [0.15, 0.2) is 47.2 Å². The van der Waals surface area contributed by atoms with E-state index in [0.717, 1.165) is 41.6 Å². The maximum absolute atomic E-state index is 12.7. The molecule has 1 amide bonds. The van der Waals surface area contributed by atoms with Gasteiger partial charge in [-0.2, -0.15) is 0 Å². The molecule has 126 valence electrons. The van der Waals surface area contributed by atoms with Crippen LogP contribution in [0, 0.1) is 0 Å². The number of carbonyl (C=O) groups is 1. The lowest BCUT2D eigenvalue weighted by molar-refractivity contribution is -0.132. The first-order valence-corrected chi connectivity index (χ1v) is 9.00. The van der Waals surface area contributed by atoms with Crippen molar-refractivity contribution in [3.63, 3.8) is 0 Å². The number of hydrogen-bond acceptors (Lipinski definition) is 3. The third-order valence-electron chi connectivity index (χ3n) is 4.51. The van der Waals surface area contributed by atoms with Crippen LogP contribution in [0.3, 0.4) is 0 Å². The highest BCUT2D eigenvalue weighted by molar-refractivity contribution is 9.10. The van der Waals surface area contributed by atoms with E-state index in [-0.39, 0.29) is 11.9 Å². The number of ether oxygens (including phenoxy) is 1. The van der Waals surface area contributed by atoms with Gasteiger partial charge in [0, 0.05) is 25.4 Å². The van der Waals surface area contributed by atoms with E-state index in [9.17, 15) is 4.79 Å². The molecule has 0 radical (unpaired) electrons. The van der Waals surface area contributed by atoms with Crippen molar-refractivity contribution in [2.75, 3.05) is 13.7 Å². The molecular formula is C19H21BrN2O2. The normalized spacial score (nSPS) is 17.1. The fourth-order valence-corrected chi connectivity index (χ4v) is 3.85. The van der Waals surface area contributed by atoms with Crippen molar-refractivity contribution >= 4 is 21.8 Å². The number of aryl methyl sites for hydroxylation is 1. The predicted octanol–water partition coefficient (Wildman–Crippen LogP) is 4.15. The van der Waals surface area contributed by atoms with Gasteiger partial charge >= 0.3 is 0 Å². The molecule has 24 heavy (non-hydrogen) atoms. The van der Waals surface area contributed by atoms with Gasteiger partial charge in [0.2, 0.25) is 5.91 Å². The highest BCUT2D eigenvalue weighted by Gasteiger charge is 2.29. The van der Waals surface area contributed by atoms with Gasteiger partial charge in [0.05, 0.1) is 17.6 Å². The predicted molar refractivity (Wildman–Crippen MR) is 96.9 cm³/mol. The van der Waals surface area contributed by atoms with Crippen molar-refractivity contribution in [2.45, 2.75) is 31.7 Å². The fourth-order valence-electron chi connectivity index (χ4n) is 3.26. The Morgan fingerprint density at radius 1 is 1.33 bits per heavy atom. The summed E-state index contributed by atoms with van der Waals surface area (Å²) < 4.78 is 6.16. The van der Waals surface area contributed by atoms with E-state index in [1.165, 1.54) is 5.56 Å². The van der Waals surface area contributed by atoms with Gasteiger partial charge in [-0.3, -0.25) is 9.78 Å². The van der Waals surface area contributed by atoms with E-state index in [2.05, 4.69) is 20.9 Å². The van der Waals surface area contributed by atoms with Crippen LogP contribution < -0.4 is 4.74 Å². The average molecular weight is 389 g/mol. The highest BCUT2D eigenvalue weighted by atomic mass is 79.9. The standard InChI is InChI=1S/C19H21BrN2O2/c1-24-18-6-4-14(13-16(18)20)5-7-19(23)22-12-2-3-17(22)15-8-10-21-11-9-15/h4,6,8-11,13,17H,2-3,5,7,12H2,1H3/t17-/m1/s1. The molecule has 1 aromatic heterocycles. The zero-order valence-electron chi connectivity index (χ0n) is 13.7. The number of methoxy groups -OCH3 is 1. The molecule has 0 bridgehead atoms. The van der Waals surface area contributed by atoms with Crippen LogP contribution in [0.1, 0.15) is 36.4 Å². The summed E-state index contributed by atoms with van der Waals surface area (Å²) >= 11 is 3.49. The summed E-state index contributed by atoms with van der Waals surface area (Å²) in [6.07, 6.45) is 6.95. The Balaban J connectivity index is 1.63. The molecule has 1 atom stereocenters. The molecule has 2 heterocycles. The van der Waals surface area contributed by atoms with Gasteiger partial charge in [-0.05, 0) is 70.6 Å². The Morgan fingerprint density at radius 2 is 2.12 bits per heavy atom. The van der Waals surface area contributed by atoms with Gasteiger partial charge in [0.15, 0.2) is 0 Å². The van der Waals surface area contributed by atoms with Gasteiger partial charge in [0.25, 0.3) is 0 Å². The summed E-state index contributed by atoms with van der Waals surface area (Å²) in [6.45, 7) is 0.845. The Kier molecular flexibility index (Phi) is 5.51. The van der Waals surface area contributed by atoms with E-state index < -0.39 is 0 Å². The molecule has 0 spiro atoms. The minimum atomic E-state index is 0.197. The lowest BCUT2D eigenvalue weighted by Gasteiger charge is -2.25. The number of aromatic nitrogens is 1. The third kappa shape index (κ3) is 3.78. The number of amides is 1. The van der Waals surface area contributed by atoms with E-state index in [1.807, 2.05) is 35.2 Å². The molecule has 0 saturated carbocycles. The summed E-state index contributed by atoms with van der Waals surface area (Å²) in [5.41, 5.74) is 2.32. The molecule has 0 N–H and O–H groups in total. The molecule has 1 aliphatic heterocycles. The third-order valence-corrected chi connectivity index (χ3v) is 5.13. The van der Waals surface area contributed by atoms with Gasteiger partial charge in [-0.15, -0.1) is 0 Å². The summed E-state index contributed by atoms with van der Waals surface area (Å²) in [4.78, 5) is 18.8. The second-order valence-electron chi connectivity index (χ2n) is 5.99. The molecule has 0 unspecified atom stereocenters. The quantitative estimate of drug-likeness (QED) is 0.772. The SMILES string of the molecule is COc1ccc(CCC(=O)N2CCC[C@@H]2c2ccncc2)cc1Br. The second-order valence-corrected chi connectivity index (χ2v) is 6.85. The number of carbonyl (C=O) groups excluding carboxylic acids is 1. The lowest BCUT2D eigenvalue weighted by atomic mass is 10.1. The van der Waals surface area contributed by atoms with Crippen LogP contribution in [0.2, 0.25) is 0 Å². The van der Waals surface area contributed by atoms with E-state index in [1.54, 1.807) is 19.5 Å². The second kappa shape index (κ2) is 7.79. The molecule has 1 fully saturated rings. The molecule has 5 heteroatoms. The minimum absolute atomic E-state index is 0.197. The number of likely N-dealkylation sites (tertiary alicyclic amines) is 1. The first kappa shape index (κ1) is 17.0. The van der Waals surface area contributed by atoms with Crippen LogP contribution in [0.25, 0.3) is 0 Å². The lowest BCUT2D eigenvalue weighted by Crippen LogP contribution is -2.30. The number of nitrogens with zero attached hydrogens (tertiary/aromatic N) is 2. The maximum atomic E-state index is 12.7. The zero-order chi connectivity index (χ0) is 16.9. The van der Waals surface area contributed by atoms with Gasteiger partial charge < -0.3 is 9.64 Å².